The SMILES string of the molecule is CCCC1(C(=O)N2CCN(CCO)CC2)CCCN1. The van der Waals surface area contributed by atoms with Gasteiger partial charge in [0, 0.05) is 32.7 Å². The highest BCUT2D eigenvalue weighted by Gasteiger charge is 2.42. The lowest BCUT2D eigenvalue weighted by Gasteiger charge is -2.39. The first kappa shape index (κ1) is 14.8. The molecule has 2 heterocycles. The molecule has 0 aromatic rings. The number of nitrogens with one attached hydrogen (secondary N) is 1. The van der Waals surface area contributed by atoms with Crippen molar-refractivity contribution in [2.75, 3.05) is 45.9 Å². The zero-order chi connectivity index (χ0) is 13.7. The topological polar surface area (TPSA) is 55.8 Å². The maximum atomic E-state index is 12.8. The number of hydrogen-bond acceptors (Lipinski definition) is 4. The summed E-state index contributed by atoms with van der Waals surface area (Å²) in [4.78, 5) is 17.0. The average molecular weight is 269 g/mol. The molecule has 1 unspecified atom stereocenters. The van der Waals surface area contributed by atoms with Crippen LogP contribution in [-0.2, 0) is 4.79 Å². The molecule has 0 spiro atoms. The molecule has 1 amide bonds. The van der Waals surface area contributed by atoms with E-state index in [-0.39, 0.29) is 12.1 Å². The Morgan fingerprint density at radius 1 is 1.32 bits per heavy atom. The van der Waals surface area contributed by atoms with Crippen LogP contribution in [0, 0.1) is 0 Å². The van der Waals surface area contributed by atoms with Crippen molar-refractivity contribution in [1.29, 1.82) is 0 Å². The summed E-state index contributed by atoms with van der Waals surface area (Å²) in [6.07, 6.45) is 4.08. The standard InChI is InChI=1S/C14H27N3O2/c1-2-4-14(5-3-6-15-14)13(19)17-9-7-16(8-10-17)11-12-18/h15,18H,2-12H2,1H3. The van der Waals surface area contributed by atoms with Crippen molar-refractivity contribution in [2.24, 2.45) is 0 Å². The first-order valence-corrected chi connectivity index (χ1v) is 7.59. The number of rotatable bonds is 5. The monoisotopic (exact) mass is 269 g/mol. The number of amides is 1. The number of piperazine rings is 1. The molecule has 0 aromatic heterocycles. The Labute approximate surface area is 115 Å². The van der Waals surface area contributed by atoms with E-state index in [4.69, 9.17) is 5.11 Å². The molecule has 0 aliphatic carbocycles. The number of aliphatic hydroxyl groups is 1. The molecule has 5 nitrogen and oxygen atoms in total. The summed E-state index contributed by atoms with van der Waals surface area (Å²) in [7, 11) is 0. The number of carbonyl (C=O) groups excluding carboxylic acids is 1. The Kier molecular flexibility index (Phi) is 5.19. The largest absolute Gasteiger partial charge is 0.395 e. The van der Waals surface area contributed by atoms with Gasteiger partial charge in [-0.3, -0.25) is 9.69 Å². The third-order valence-corrected chi connectivity index (χ3v) is 4.41. The minimum Gasteiger partial charge on any atom is -0.395 e. The fraction of sp³-hybridized carbons (Fsp3) is 0.929. The summed E-state index contributed by atoms with van der Waals surface area (Å²) in [6, 6.07) is 0. The number of β-amino-alcohol motifs (C(OH)–C–C–N with tert-alkyl or cyclic N) is 1. The summed E-state index contributed by atoms with van der Waals surface area (Å²) >= 11 is 0. The normalized spacial score (nSPS) is 28.8. The third-order valence-electron chi connectivity index (χ3n) is 4.41. The van der Waals surface area contributed by atoms with Crippen LogP contribution in [0.25, 0.3) is 0 Å². The molecule has 2 rings (SSSR count). The van der Waals surface area contributed by atoms with Gasteiger partial charge in [-0.1, -0.05) is 13.3 Å². The molecule has 19 heavy (non-hydrogen) atoms. The minimum absolute atomic E-state index is 0.204. The molecule has 2 aliphatic heterocycles. The quantitative estimate of drug-likeness (QED) is 0.740. The van der Waals surface area contributed by atoms with E-state index in [0.29, 0.717) is 5.91 Å². The Hall–Kier alpha value is -0.650. The Balaban J connectivity index is 1.92. The van der Waals surface area contributed by atoms with Crippen molar-refractivity contribution in [1.82, 2.24) is 15.1 Å². The molecule has 2 N–H and O–H groups in total. The maximum absolute atomic E-state index is 12.8. The van der Waals surface area contributed by atoms with Crippen LogP contribution in [0.2, 0.25) is 0 Å². The highest BCUT2D eigenvalue weighted by atomic mass is 16.3. The van der Waals surface area contributed by atoms with E-state index in [1.165, 1.54) is 0 Å². The summed E-state index contributed by atoms with van der Waals surface area (Å²) in [6.45, 7) is 7.40. The maximum Gasteiger partial charge on any atom is 0.242 e. The molecule has 110 valence electrons. The smallest absolute Gasteiger partial charge is 0.242 e. The average Bonchev–Trinajstić information content (AvgIpc) is 2.89. The lowest BCUT2D eigenvalue weighted by molar-refractivity contribution is -0.140. The van der Waals surface area contributed by atoms with Crippen LogP contribution in [-0.4, -0.2) is 72.2 Å². The molecule has 0 aromatic carbocycles. The summed E-state index contributed by atoms with van der Waals surface area (Å²) in [5.41, 5.74) is -0.284. The third kappa shape index (κ3) is 3.27. The van der Waals surface area contributed by atoms with Crippen molar-refractivity contribution in [3.63, 3.8) is 0 Å². The molecule has 2 fully saturated rings. The van der Waals surface area contributed by atoms with E-state index in [0.717, 1.165) is 65.0 Å². The first-order chi connectivity index (χ1) is 9.22. The summed E-state index contributed by atoms with van der Waals surface area (Å²) in [5, 5.41) is 12.4. The van der Waals surface area contributed by atoms with Gasteiger partial charge < -0.3 is 15.3 Å². The second kappa shape index (κ2) is 6.68. The molecule has 0 saturated carbocycles. The van der Waals surface area contributed by atoms with Gasteiger partial charge in [-0.2, -0.15) is 0 Å². The van der Waals surface area contributed by atoms with Gasteiger partial charge in [0.1, 0.15) is 0 Å². The Morgan fingerprint density at radius 2 is 2.05 bits per heavy atom. The summed E-state index contributed by atoms with van der Waals surface area (Å²) < 4.78 is 0. The molecule has 1 atom stereocenters. The molecule has 0 bridgehead atoms. The Morgan fingerprint density at radius 3 is 2.58 bits per heavy atom. The summed E-state index contributed by atoms with van der Waals surface area (Å²) in [5.74, 6) is 0.301. The van der Waals surface area contributed by atoms with E-state index < -0.39 is 0 Å². The first-order valence-electron chi connectivity index (χ1n) is 7.59. The van der Waals surface area contributed by atoms with Crippen molar-refractivity contribution >= 4 is 5.91 Å². The zero-order valence-electron chi connectivity index (χ0n) is 12.0. The van der Waals surface area contributed by atoms with E-state index in [9.17, 15) is 4.79 Å². The lowest BCUT2D eigenvalue weighted by atomic mass is 9.90. The van der Waals surface area contributed by atoms with Gasteiger partial charge in [0.15, 0.2) is 0 Å². The highest BCUT2D eigenvalue weighted by molar-refractivity contribution is 5.86. The highest BCUT2D eigenvalue weighted by Crippen LogP contribution is 2.27. The second-order valence-electron chi connectivity index (χ2n) is 5.72. The van der Waals surface area contributed by atoms with Crippen LogP contribution in [0.3, 0.4) is 0 Å². The number of hydrogen-bond donors (Lipinski definition) is 2. The molecule has 5 heteroatoms. The Bertz CT molecular complexity index is 295. The van der Waals surface area contributed by atoms with Crippen molar-refractivity contribution in [3.8, 4) is 0 Å². The van der Waals surface area contributed by atoms with Gasteiger partial charge in [-0.25, -0.2) is 0 Å². The van der Waals surface area contributed by atoms with Gasteiger partial charge in [0.2, 0.25) is 5.91 Å². The van der Waals surface area contributed by atoms with Crippen molar-refractivity contribution in [3.05, 3.63) is 0 Å². The molecule has 0 radical (unpaired) electrons. The van der Waals surface area contributed by atoms with Crippen molar-refractivity contribution < 1.29 is 9.90 Å². The molecular weight excluding hydrogens is 242 g/mol. The molecule has 2 saturated heterocycles. The van der Waals surface area contributed by atoms with Gasteiger partial charge in [0.25, 0.3) is 0 Å². The molecule has 2 aliphatic rings. The zero-order valence-corrected chi connectivity index (χ0v) is 12.0. The van der Waals surface area contributed by atoms with Crippen LogP contribution in [0.5, 0.6) is 0 Å². The number of carbonyl (C=O) groups is 1. The predicted molar refractivity (Wildman–Crippen MR) is 75.0 cm³/mol. The van der Waals surface area contributed by atoms with Gasteiger partial charge >= 0.3 is 0 Å². The van der Waals surface area contributed by atoms with Crippen LogP contribution in [0.1, 0.15) is 32.6 Å². The number of nitrogens with zero attached hydrogens (tertiary/aromatic N) is 2. The van der Waals surface area contributed by atoms with E-state index in [2.05, 4.69) is 17.1 Å². The predicted octanol–water partition coefficient (Wildman–Crippen LogP) is 0.0452. The van der Waals surface area contributed by atoms with Crippen LogP contribution in [0.15, 0.2) is 0 Å². The van der Waals surface area contributed by atoms with Crippen LogP contribution in [0.4, 0.5) is 0 Å². The number of aliphatic hydroxyl groups excluding tert-OH is 1. The minimum atomic E-state index is -0.284. The van der Waals surface area contributed by atoms with Gasteiger partial charge in [-0.15, -0.1) is 0 Å². The second-order valence-corrected chi connectivity index (χ2v) is 5.72. The van der Waals surface area contributed by atoms with E-state index in [1.807, 2.05) is 4.90 Å². The fourth-order valence-electron chi connectivity index (χ4n) is 3.35. The van der Waals surface area contributed by atoms with Gasteiger partial charge in [-0.05, 0) is 25.8 Å². The van der Waals surface area contributed by atoms with Crippen LogP contribution < -0.4 is 5.32 Å². The van der Waals surface area contributed by atoms with Crippen molar-refractivity contribution in [2.45, 2.75) is 38.1 Å². The fourth-order valence-corrected chi connectivity index (χ4v) is 3.35. The molecular formula is C14H27N3O2. The van der Waals surface area contributed by atoms with Gasteiger partial charge in [0.05, 0.1) is 12.1 Å². The van der Waals surface area contributed by atoms with Crippen LogP contribution >= 0.6 is 0 Å². The van der Waals surface area contributed by atoms with E-state index >= 15 is 0 Å². The van der Waals surface area contributed by atoms with E-state index in [1.54, 1.807) is 0 Å². The lowest BCUT2D eigenvalue weighted by Crippen LogP contribution is -2.59.